The van der Waals surface area contributed by atoms with Gasteiger partial charge in [-0.2, -0.15) is 5.10 Å². The van der Waals surface area contributed by atoms with Gasteiger partial charge in [0, 0.05) is 24.9 Å². The lowest BCUT2D eigenvalue weighted by atomic mass is 9.99. The number of aromatic nitrogens is 5. The maximum Gasteiger partial charge on any atom is 0.310 e. The second kappa shape index (κ2) is 6.28. The van der Waals surface area contributed by atoms with Gasteiger partial charge in [0.25, 0.3) is 5.89 Å². The first-order chi connectivity index (χ1) is 14.7. The van der Waals surface area contributed by atoms with Gasteiger partial charge in [-0.3, -0.25) is 4.79 Å². The SMILES string of the molecule is Cc1cccn2nc(C3c4nc[nH]c4CCN3C(=O)c3nc4ccccc4o3)cc12. The molecule has 0 spiro atoms. The zero-order valence-electron chi connectivity index (χ0n) is 16.2. The minimum Gasteiger partial charge on any atom is -0.432 e. The normalized spacial score (nSPS) is 16.3. The highest BCUT2D eigenvalue weighted by molar-refractivity contribution is 5.93. The molecule has 1 N–H and O–H groups in total. The maximum absolute atomic E-state index is 13.5. The van der Waals surface area contributed by atoms with E-state index in [1.54, 1.807) is 11.2 Å². The molecular weight excluding hydrogens is 380 g/mol. The number of pyridine rings is 1. The molecule has 0 saturated carbocycles. The molecule has 148 valence electrons. The summed E-state index contributed by atoms with van der Waals surface area (Å²) in [6, 6.07) is 13.0. The maximum atomic E-state index is 13.5. The van der Waals surface area contributed by atoms with Crippen LogP contribution < -0.4 is 0 Å². The Labute approximate surface area is 171 Å². The highest BCUT2D eigenvalue weighted by Crippen LogP contribution is 2.34. The molecule has 1 aromatic carbocycles. The van der Waals surface area contributed by atoms with E-state index in [1.807, 2.05) is 60.1 Å². The molecule has 1 aliphatic heterocycles. The smallest absolute Gasteiger partial charge is 0.310 e. The number of oxazole rings is 1. The van der Waals surface area contributed by atoms with Crippen molar-refractivity contribution in [1.29, 1.82) is 0 Å². The van der Waals surface area contributed by atoms with Crippen LogP contribution in [0.4, 0.5) is 0 Å². The zero-order chi connectivity index (χ0) is 20.2. The Bertz CT molecular complexity index is 1380. The van der Waals surface area contributed by atoms with Crippen LogP contribution in [0.5, 0.6) is 0 Å². The molecular formula is C22H18N6O2. The lowest BCUT2D eigenvalue weighted by Gasteiger charge is -2.32. The molecule has 4 aromatic heterocycles. The molecule has 8 heteroatoms. The van der Waals surface area contributed by atoms with Crippen LogP contribution in [0.25, 0.3) is 16.6 Å². The number of amides is 1. The van der Waals surface area contributed by atoms with Crippen molar-refractivity contribution in [1.82, 2.24) is 29.5 Å². The number of carbonyl (C=O) groups is 1. The van der Waals surface area contributed by atoms with Gasteiger partial charge >= 0.3 is 5.91 Å². The molecule has 1 aliphatic rings. The van der Waals surface area contributed by atoms with Crippen LogP contribution in [0, 0.1) is 6.92 Å². The van der Waals surface area contributed by atoms with Gasteiger partial charge in [0.05, 0.1) is 23.2 Å². The van der Waals surface area contributed by atoms with E-state index < -0.39 is 6.04 Å². The summed E-state index contributed by atoms with van der Waals surface area (Å²) in [6.07, 6.45) is 4.27. The average Bonchev–Trinajstić information content (AvgIpc) is 3.49. The van der Waals surface area contributed by atoms with Crippen molar-refractivity contribution in [3.63, 3.8) is 0 Å². The van der Waals surface area contributed by atoms with Crippen molar-refractivity contribution in [3.8, 4) is 0 Å². The van der Waals surface area contributed by atoms with Crippen molar-refractivity contribution >= 4 is 22.5 Å². The van der Waals surface area contributed by atoms with Crippen molar-refractivity contribution in [2.45, 2.75) is 19.4 Å². The largest absolute Gasteiger partial charge is 0.432 e. The number of nitrogens with zero attached hydrogens (tertiary/aromatic N) is 5. The molecule has 0 fully saturated rings. The first-order valence-corrected chi connectivity index (χ1v) is 9.82. The van der Waals surface area contributed by atoms with E-state index in [1.165, 1.54) is 0 Å². The summed E-state index contributed by atoms with van der Waals surface area (Å²) in [7, 11) is 0. The van der Waals surface area contributed by atoms with Gasteiger partial charge < -0.3 is 14.3 Å². The molecule has 8 nitrogen and oxygen atoms in total. The van der Waals surface area contributed by atoms with E-state index in [4.69, 9.17) is 9.52 Å². The predicted molar refractivity (Wildman–Crippen MR) is 109 cm³/mol. The van der Waals surface area contributed by atoms with Crippen LogP contribution in [0.1, 0.15) is 39.4 Å². The van der Waals surface area contributed by atoms with Crippen LogP contribution in [0.2, 0.25) is 0 Å². The highest BCUT2D eigenvalue weighted by atomic mass is 16.4. The Morgan fingerprint density at radius 2 is 2.13 bits per heavy atom. The second-order valence-electron chi connectivity index (χ2n) is 7.49. The van der Waals surface area contributed by atoms with Gasteiger partial charge in [-0.25, -0.2) is 14.5 Å². The highest BCUT2D eigenvalue weighted by Gasteiger charge is 2.38. The van der Waals surface area contributed by atoms with Gasteiger partial charge in [0.1, 0.15) is 11.6 Å². The van der Waals surface area contributed by atoms with E-state index in [9.17, 15) is 4.79 Å². The summed E-state index contributed by atoms with van der Waals surface area (Å²) in [6.45, 7) is 2.56. The van der Waals surface area contributed by atoms with Gasteiger partial charge in [0.2, 0.25) is 0 Å². The van der Waals surface area contributed by atoms with E-state index >= 15 is 0 Å². The number of hydrogen-bond acceptors (Lipinski definition) is 5. The molecule has 0 saturated heterocycles. The molecule has 5 heterocycles. The topological polar surface area (TPSA) is 92.3 Å². The van der Waals surface area contributed by atoms with Gasteiger partial charge in [-0.05, 0) is 36.8 Å². The van der Waals surface area contributed by atoms with E-state index in [0.717, 1.165) is 28.2 Å². The van der Waals surface area contributed by atoms with Gasteiger partial charge in [-0.1, -0.05) is 18.2 Å². The van der Waals surface area contributed by atoms with Crippen LogP contribution in [-0.4, -0.2) is 41.9 Å². The van der Waals surface area contributed by atoms with Crippen molar-refractivity contribution < 1.29 is 9.21 Å². The Kier molecular flexibility index (Phi) is 3.55. The van der Waals surface area contributed by atoms with Crippen LogP contribution >= 0.6 is 0 Å². The molecule has 1 atom stereocenters. The lowest BCUT2D eigenvalue weighted by Crippen LogP contribution is -2.41. The van der Waals surface area contributed by atoms with Crippen molar-refractivity contribution in [2.75, 3.05) is 6.54 Å². The quantitative estimate of drug-likeness (QED) is 0.493. The number of carbonyl (C=O) groups excluding carboxylic acids is 1. The van der Waals surface area contributed by atoms with Crippen molar-refractivity contribution in [2.24, 2.45) is 0 Å². The number of hydrogen-bond donors (Lipinski definition) is 1. The number of fused-ring (bicyclic) bond motifs is 3. The van der Waals surface area contributed by atoms with Crippen LogP contribution in [0.15, 0.2) is 59.4 Å². The molecule has 5 aromatic rings. The monoisotopic (exact) mass is 398 g/mol. The van der Waals surface area contributed by atoms with Crippen LogP contribution in [0.3, 0.4) is 0 Å². The Morgan fingerprint density at radius 3 is 3.00 bits per heavy atom. The Hall–Kier alpha value is -3.94. The number of rotatable bonds is 2. The van der Waals surface area contributed by atoms with Gasteiger partial charge in [-0.15, -0.1) is 0 Å². The number of imidazole rings is 1. The van der Waals surface area contributed by atoms with E-state index in [0.29, 0.717) is 24.1 Å². The fraction of sp³-hybridized carbons (Fsp3) is 0.182. The van der Waals surface area contributed by atoms with Crippen molar-refractivity contribution in [3.05, 3.63) is 83.5 Å². The first kappa shape index (κ1) is 17.0. The van der Waals surface area contributed by atoms with Gasteiger partial charge in [0.15, 0.2) is 5.58 Å². The number of nitrogens with one attached hydrogen (secondary N) is 1. The summed E-state index contributed by atoms with van der Waals surface area (Å²) < 4.78 is 7.60. The summed E-state index contributed by atoms with van der Waals surface area (Å²) >= 11 is 0. The number of aromatic amines is 1. The molecule has 0 bridgehead atoms. The fourth-order valence-electron chi connectivity index (χ4n) is 4.19. The number of para-hydroxylation sites is 2. The minimum atomic E-state index is -0.415. The Morgan fingerprint density at radius 1 is 1.23 bits per heavy atom. The molecule has 0 aliphatic carbocycles. The summed E-state index contributed by atoms with van der Waals surface area (Å²) in [5, 5.41) is 4.76. The predicted octanol–water partition coefficient (Wildman–Crippen LogP) is 3.29. The third kappa shape index (κ3) is 2.46. The van der Waals surface area contributed by atoms with E-state index in [-0.39, 0.29) is 11.8 Å². The molecule has 1 unspecified atom stereocenters. The third-order valence-corrected chi connectivity index (χ3v) is 5.67. The standard InChI is InChI=1S/C22H18N6O2/c1-13-5-4-9-28-17(13)11-16(26-28)20-19-15(23-12-24-19)8-10-27(20)22(29)21-25-14-6-2-3-7-18(14)30-21/h2-7,9,11-12,20H,8,10H2,1H3,(H,23,24). The number of aryl methyl sites for hydroxylation is 1. The second-order valence-corrected chi connectivity index (χ2v) is 7.49. The summed E-state index contributed by atoms with van der Waals surface area (Å²) in [5.41, 5.74) is 5.98. The number of H-pyrrole nitrogens is 1. The molecule has 0 radical (unpaired) electrons. The lowest BCUT2D eigenvalue weighted by molar-refractivity contribution is 0.0648. The summed E-state index contributed by atoms with van der Waals surface area (Å²) in [4.78, 5) is 27.4. The molecule has 6 rings (SSSR count). The fourth-order valence-corrected chi connectivity index (χ4v) is 4.19. The first-order valence-electron chi connectivity index (χ1n) is 9.82. The molecule has 1 amide bonds. The average molecular weight is 398 g/mol. The third-order valence-electron chi connectivity index (χ3n) is 5.67. The zero-order valence-corrected chi connectivity index (χ0v) is 16.2. The van der Waals surface area contributed by atoms with E-state index in [2.05, 4.69) is 15.0 Å². The Balaban J connectivity index is 1.48. The number of benzene rings is 1. The molecule has 30 heavy (non-hydrogen) atoms. The van der Waals surface area contributed by atoms with Crippen LogP contribution in [-0.2, 0) is 6.42 Å². The summed E-state index contributed by atoms with van der Waals surface area (Å²) in [5.74, 6) is -0.182. The minimum absolute atomic E-state index is 0.0835.